The molecule has 0 fully saturated rings. The number of fused-ring (bicyclic) bond motifs is 1. The quantitative estimate of drug-likeness (QED) is 0.612. The van der Waals surface area contributed by atoms with E-state index in [1.807, 2.05) is 23.6 Å². The molecule has 0 aliphatic carbocycles. The summed E-state index contributed by atoms with van der Waals surface area (Å²) in [6, 6.07) is 10.8. The summed E-state index contributed by atoms with van der Waals surface area (Å²) in [7, 11) is 0. The first-order valence-corrected chi connectivity index (χ1v) is 5.81. The van der Waals surface area contributed by atoms with Crippen molar-refractivity contribution in [2.75, 3.05) is 0 Å². The zero-order valence-corrected chi connectivity index (χ0v) is 9.17. The summed E-state index contributed by atoms with van der Waals surface area (Å²) in [5.41, 5.74) is 0.993. The number of hydrogen-bond acceptors (Lipinski definition) is 2. The van der Waals surface area contributed by atoms with Crippen molar-refractivity contribution in [3.8, 4) is 10.6 Å². The van der Waals surface area contributed by atoms with E-state index in [1.54, 1.807) is 29.7 Å². The van der Waals surface area contributed by atoms with Gasteiger partial charge in [0.05, 0.1) is 0 Å². The molecule has 0 spiro atoms. The van der Waals surface area contributed by atoms with Crippen molar-refractivity contribution in [3.05, 3.63) is 53.8 Å². The number of hydrogen-bond donors (Lipinski definition) is 0. The number of aromatic nitrogens is 1. The minimum absolute atomic E-state index is 0.184. The van der Waals surface area contributed by atoms with Crippen LogP contribution in [0, 0.1) is 5.82 Å². The van der Waals surface area contributed by atoms with Crippen molar-refractivity contribution >= 4 is 22.1 Å². The van der Waals surface area contributed by atoms with Gasteiger partial charge in [0.25, 0.3) is 0 Å². The van der Waals surface area contributed by atoms with Crippen LogP contribution in [0.5, 0.6) is 0 Å². The molecule has 16 heavy (non-hydrogen) atoms. The van der Waals surface area contributed by atoms with Crippen molar-refractivity contribution in [2.45, 2.75) is 0 Å². The third-order valence-corrected chi connectivity index (χ3v) is 3.34. The highest BCUT2D eigenvalue weighted by Crippen LogP contribution is 2.31. The van der Waals surface area contributed by atoms with Crippen molar-refractivity contribution in [3.63, 3.8) is 0 Å². The van der Waals surface area contributed by atoms with Crippen molar-refractivity contribution in [1.82, 2.24) is 4.98 Å². The van der Waals surface area contributed by atoms with Crippen LogP contribution in [0.4, 0.5) is 4.39 Å². The number of rotatable bonds is 1. The standard InChI is InChI=1S/C13H8FNS/c14-12-6-5-11(13-15-7-8-16-13)9-3-1-2-4-10(9)12/h1-8H. The molecule has 0 unspecified atom stereocenters. The fraction of sp³-hybridized carbons (Fsp3) is 0. The molecule has 1 heterocycles. The fourth-order valence-corrected chi connectivity index (χ4v) is 2.48. The molecule has 0 bridgehead atoms. The van der Waals surface area contributed by atoms with Crippen LogP contribution in [0.1, 0.15) is 0 Å². The minimum atomic E-state index is -0.184. The number of halogens is 1. The average molecular weight is 229 g/mol. The van der Waals surface area contributed by atoms with Crippen LogP contribution in [-0.4, -0.2) is 4.98 Å². The molecule has 0 aliphatic heterocycles. The van der Waals surface area contributed by atoms with E-state index in [9.17, 15) is 4.39 Å². The van der Waals surface area contributed by atoms with Crippen LogP contribution >= 0.6 is 11.3 Å². The molecule has 78 valence electrons. The first kappa shape index (κ1) is 9.48. The first-order valence-electron chi connectivity index (χ1n) is 4.93. The Morgan fingerprint density at radius 2 is 1.81 bits per heavy atom. The fourth-order valence-electron chi connectivity index (χ4n) is 1.81. The molecule has 0 saturated heterocycles. The van der Waals surface area contributed by atoms with E-state index < -0.39 is 0 Å². The van der Waals surface area contributed by atoms with Crippen molar-refractivity contribution in [2.24, 2.45) is 0 Å². The van der Waals surface area contributed by atoms with Crippen molar-refractivity contribution in [1.29, 1.82) is 0 Å². The van der Waals surface area contributed by atoms with Crippen LogP contribution in [0.15, 0.2) is 48.0 Å². The van der Waals surface area contributed by atoms with Crippen LogP contribution in [0.25, 0.3) is 21.3 Å². The number of benzene rings is 2. The molecule has 3 aromatic rings. The summed E-state index contributed by atoms with van der Waals surface area (Å²) < 4.78 is 13.6. The van der Waals surface area contributed by atoms with Gasteiger partial charge in [-0.2, -0.15) is 0 Å². The first-order chi connectivity index (χ1) is 7.86. The smallest absolute Gasteiger partial charge is 0.131 e. The van der Waals surface area contributed by atoms with E-state index in [0.717, 1.165) is 16.0 Å². The van der Waals surface area contributed by atoms with E-state index in [2.05, 4.69) is 4.98 Å². The van der Waals surface area contributed by atoms with E-state index in [-0.39, 0.29) is 5.82 Å². The molecule has 0 saturated carbocycles. The van der Waals surface area contributed by atoms with Crippen LogP contribution in [-0.2, 0) is 0 Å². The Morgan fingerprint density at radius 1 is 1.00 bits per heavy atom. The Balaban J connectivity index is 2.39. The maximum atomic E-state index is 13.6. The monoisotopic (exact) mass is 229 g/mol. The molecule has 0 atom stereocenters. The lowest BCUT2D eigenvalue weighted by molar-refractivity contribution is 0.640. The van der Waals surface area contributed by atoms with Gasteiger partial charge in [-0.05, 0) is 17.5 Å². The van der Waals surface area contributed by atoms with Gasteiger partial charge in [0.2, 0.25) is 0 Å². The predicted octanol–water partition coefficient (Wildman–Crippen LogP) is 4.10. The van der Waals surface area contributed by atoms with E-state index in [1.165, 1.54) is 6.07 Å². The largest absolute Gasteiger partial charge is 0.245 e. The molecule has 3 heteroatoms. The normalized spacial score (nSPS) is 10.8. The molecule has 1 aromatic heterocycles. The van der Waals surface area contributed by atoms with Crippen LogP contribution in [0.2, 0.25) is 0 Å². The maximum Gasteiger partial charge on any atom is 0.131 e. The van der Waals surface area contributed by atoms with Gasteiger partial charge in [0, 0.05) is 22.5 Å². The van der Waals surface area contributed by atoms with Gasteiger partial charge in [-0.3, -0.25) is 0 Å². The van der Waals surface area contributed by atoms with Gasteiger partial charge in [-0.25, -0.2) is 9.37 Å². The number of thiazole rings is 1. The Labute approximate surface area is 96.2 Å². The Hall–Kier alpha value is -1.74. The SMILES string of the molecule is Fc1ccc(-c2nccs2)c2ccccc12. The lowest BCUT2D eigenvalue weighted by Gasteiger charge is -2.04. The molecule has 0 aliphatic rings. The highest BCUT2D eigenvalue weighted by atomic mass is 32.1. The maximum absolute atomic E-state index is 13.6. The molecule has 3 rings (SSSR count). The van der Waals surface area contributed by atoms with Gasteiger partial charge in [-0.15, -0.1) is 11.3 Å². The van der Waals surface area contributed by atoms with E-state index >= 15 is 0 Å². The molecular weight excluding hydrogens is 221 g/mol. The van der Waals surface area contributed by atoms with Gasteiger partial charge < -0.3 is 0 Å². The summed E-state index contributed by atoms with van der Waals surface area (Å²) in [6.45, 7) is 0. The second-order valence-corrected chi connectivity index (χ2v) is 4.37. The molecule has 0 amide bonds. The zero-order valence-electron chi connectivity index (χ0n) is 8.35. The summed E-state index contributed by atoms with van der Waals surface area (Å²) in [4.78, 5) is 4.26. The van der Waals surface area contributed by atoms with E-state index in [4.69, 9.17) is 0 Å². The van der Waals surface area contributed by atoms with Gasteiger partial charge >= 0.3 is 0 Å². The van der Waals surface area contributed by atoms with Gasteiger partial charge in [0.15, 0.2) is 0 Å². The average Bonchev–Trinajstić information content (AvgIpc) is 2.83. The highest BCUT2D eigenvalue weighted by Gasteiger charge is 2.08. The third kappa shape index (κ3) is 1.41. The Bertz CT molecular complexity index is 631. The zero-order chi connectivity index (χ0) is 11.0. The van der Waals surface area contributed by atoms with Gasteiger partial charge in [-0.1, -0.05) is 24.3 Å². The Morgan fingerprint density at radius 3 is 2.56 bits per heavy atom. The highest BCUT2D eigenvalue weighted by molar-refractivity contribution is 7.13. The van der Waals surface area contributed by atoms with Crippen LogP contribution < -0.4 is 0 Å². The molecule has 2 aromatic carbocycles. The lowest BCUT2D eigenvalue weighted by atomic mass is 10.0. The minimum Gasteiger partial charge on any atom is -0.245 e. The predicted molar refractivity (Wildman–Crippen MR) is 65.0 cm³/mol. The molecule has 1 nitrogen and oxygen atoms in total. The lowest BCUT2D eigenvalue weighted by Crippen LogP contribution is -1.83. The molecule has 0 radical (unpaired) electrons. The second kappa shape index (κ2) is 3.68. The molecular formula is C13H8FNS. The molecule has 0 N–H and O–H groups in total. The summed E-state index contributed by atoms with van der Waals surface area (Å²) in [6.07, 6.45) is 1.76. The number of nitrogens with zero attached hydrogens (tertiary/aromatic N) is 1. The van der Waals surface area contributed by atoms with E-state index in [0.29, 0.717) is 5.39 Å². The second-order valence-electron chi connectivity index (χ2n) is 3.48. The van der Waals surface area contributed by atoms with Crippen molar-refractivity contribution < 1.29 is 4.39 Å². The topological polar surface area (TPSA) is 12.9 Å². The van der Waals surface area contributed by atoms with Gasteiger partial charge in [0.1, 0.15) is 10.8 Å². The van der Waals surface area contributed by atoms with Crippen LogP contribution in [0.3, 0.4) is 0 Å². The summed E-state index contributed by atoms with van der Waals surface area (Å²) >= 11 is 1.56. The Kier molecular flexibility index (Phi) is 2.18. The summed E-state index contributed by atoms with van der Waals surface area (Å²) in [5, 5.41) is 4.41. The summed E-state index contributed by atoms with van der Waals surface area (Å²) in [5.74, 6) is -0.184. The third-order valence-electron chi connectivity index (χ3n) is 2.53.